The molecule has 0 atom stereocenters. The van der Waals surface area contributed by atoms with E-state index in [0.29, 0.717) is 36.8 Å². The number of nitrogens with zero attached hydrogens (tertiary/aromatic N) is 5. The number of nitrogens with one attached hydrogen (secondary N) is 2. The molecule has 0 spiro atoms. The molecule has 5 rings (SSSR count). The van der Waals surface area contributed by atoms with Crippen LogP contribution in [0.1, 0.15) is 43.0 Å². The number of carbonyl (C=O) groups excluding carboxylic acids is 2. The minimum atomic E-state index is -0.963. The standard InChI is InChI=1S/C33H43N7O4/c1-23(41)34-13-14-40(33(43)44)22-25-9-7-24(8-10-25)20-36-32(42)28-19-30(37-29-6-4-3-5-27(28)29)26-11-12-31(35-21-26)39-17-15-38(2)16-18-39/h3-6,11-12,19,21,24-25H,7-10,13-18,20,22H2,1-2H3,(H,34,41)(H,36,42)(H,43,44)/t24-,25-. The molecule has 2 aromatic heterocycles. The number of hydrogen-bond donors (Lipinski definition) is 3. The maximum atomic E-state index is 13.5. The summed E-state index contributed by atoms with van der Waals surface area (Å²) in [6.07, 6.45) is 4.55. The van der Waals surface area contributed by atoms with Gasteiger partial charge in [-0.1, -0.05) is 18.2 Å². The van der Waals surface area contributed by atoms with Crippen LogP contribution in [0.5, 0.6) is 0 Å². The van der Waals surface area contributed by atoms with Crippen molar-refractivity contribution in [1.82, 2.24) is 30.4 Å². The van der Waals surface area contributed by atoms with E-state index in [2.05, 4.69) is 27.5 Å². The number of benzene rings is 1. The minimum absolute atomic E-state index is 0.121. The van der Waals surface area contributed by atoms with Gasteiger partial charge in [0.1, 0.15) is 5.82 Å². The Morgan fingerprint density at radius 1 is 0.977 bits per heavy atom. The molecule has 3 N–H and O–H groups in total. The second-order valence-electron chi connectivity index (χ2n) is 12.1. The highest BCUT2D eigenvalue weighted by atomic mass is 16.4. The Hall–Kier alpha value is -4.25. The van der Waals surface area contributed by atoms with Crippen LogP contribution in [0.25, 0.3) is 22.2 Å². The first-order chi connectivity index (χ1) is 21.3. The van der Waals surface area contributed by atoms with Crippen LogP contribution >= 0.6 is 0 Å². The van der Waals surface area contributed by atoms with Crippen molar-refractivity contribution in [3.63, 3.8) is 0 Å². The number of carbonyl (C=O) groups is 3. The lowest BCUT2D eigenvalue weighted by Crippen LogP contribution is -2.44. The fraction of sp³-hybridized carbons (Fsp3) is 0.485. The Morgan fingerprint density at radius 3 is 2.39 bits per heavy atom. The summed E-state index contributed by atoms with van der Waals surface area (Å²) in [5.74, 6) is 1.28. The number of likely N-dealkylation sites (N-methyl/N-ethyl adjacent to an activating group) is 1. The van der Waals surface area contributed by atoms with Gasteiger partial charge < -0.3 is 30.4 Å². The lowest BCUT2D eigenvalue weighted by atomic mass is 9.81. The second-order valence-corrected chi connectivity index (χ2v) is 12.1. The quantitative estimate of drug-likeness (QED) is 0.321. The molecular weight excluding hydrogens is 558 g/mol. The Bertz CT molecular complexity index is 1450. The van der Waals surface area contributed by atoms with Crippen molar-refractivity contribution in [3.05, 3.63) is 54.2 Å². The van der Waals surface area contributed by atoms with E-state index in [1.54, 1.807) is 0 Å². The summed E-state index contributed by atoms with van der Waals surface area (Å²) >= 11 is 0. The third-order valence-corrected chi connectivity index (χ3v) is 8.85. The maximum absolute atomic E-state index is 13.5. The maximum Gasteiger partial charge on any atom is 0.407 e. The van der Waals surface area contributed by atoms with Crippen LogP contribution in [0.2, 0.25) is 0 Å². The molecule has 2 fully saturated rings. The van der Waals surface area contributed by atoms with E-state index in [0.717, 1.165) is 74.1 Å². The Labute approximate surface area is 258 Å². The molecule has 0 radical (unpaired) electrons. The summed E-state index contributed by atoms with van der Waals surface area (Å²) in [5.41, 5.74) is 2.95. The number of aromatic nitrogens is 2. The number of pyridine rings is 2. The molecule has 3 aromatic rings. The summed E-state index contributed by atoms with van der Waals surface area (Å²) in [7, 11) is 2.13. The smallest absolute Gasteiger partial charge is 0.407 e. The van der Waals surface area contributed by atoms with Gasteiger partial charge >= 0.3 is 6.09 Å². The number of piperazine rings is 1. The van der Waals surface area contributed by atoms with Crippen LogP contribution in [0.3, 0.4) is 0 Å². The second kappa shape index (κ2) is 14.5. The van der Waals surface area contributed by atoms with Gasteiger partial charge in [0.2, 0.25) is 5.91 Å². The highest BCUT2D eigenvalue weighted by Crippen LogP contribution is 2.30. The van der Waals surface area contributed by atoms with Crippen molar-refractivity contribution >= 4 is 34.6 Å². The Kier molecular flexibility index (Phi) is 10.3. The monoisotopic (exact) mass is 601 g/mol. The molecule has 0 bridgehead atoms. The van der Waals surface area contributed by atoms with E-state index in [1.807, 2.05) is 48.7 Å². The molecular formula is C33H43N7O4. The highest BCUT2D eigenvalue weighted by Gasteiger charge is 2.25. The number of hydrogen-bond acceptors (Lipinski definition) is 7. The first kappa shape index (κ1) is 31.2. The minimum Gasteiger partial charge on any atom is -0.465 e. The molecule has 1 aromatic carbocycles. The van der Waals surface area contributed by atoms with Crippen molar-refractivity contribution in [2.45, 2.75) is 32.6 Å². The van der Waals surface area contributed by atoms with E-state index in [-0.39, 0.29) is 24.3 Å². The average molecular weight is 602 g/mol. The van der Waals surface area contributed by atoms with Gasteiger partial charge in [0.25, 0.3) is 5.91 Å². The molecule has 3 amide bonds. The predicted octanol–water partition coefficient (Wildman–Crippen LogP) is 3.70. The average Bonchev–Trinajstić information content (AvgIpc) is 3.03. The van der Waals surface area contributed by atoms with E-state index < -0.39 is 6.09 Å². The molecule has 44 heavy (non-hydrogen) atoms. The van der Waals surface area contributed by atoms with Gasteiger partial charge in [-0.2, -0.15) is 0 Å². The Morgan fingerprint density at radius 2 is 1.70 bits per heavy atom. The molecule has 1 saturated heterocycles. The van der Waals surface area contributed by atoms with Crippen LogP contribution < -0.4 is 15.5 Å². The normalized spacial score (nSPS) is 19.0. The Balaban J connectivity index is 1.19. The molecule has 2 aliphatic rings. The molecule has 0 unspecified atom stereocenters. The lowest BCUT2D eigenvalue weighted by Gasteiger charge is -2.33. The number of carboxylic acid groups (broad SMARTS) is 1. The third-order valence-electron chi connectivity index (χ3n) is 8.85. The fourth-order valence-corrected chi connectivity index (χ4v) is 6.17. The molecule has 1 aliphatic heterocycles. The molecule has 234 valence electrons. The van der Waals surface area contributed by atoms with E-state index in [1.165, 1.54) is 11.8 Å². The number of amides is 3. The number of rotatable bonds is 10. The number of anilines is 1. The van der Waals surface area contributed by atoms with Gasteiger partial charge in [0, 0.05) is 76.4 Å². The van der Waals surface area contributed by atoms with Gasteiger partial charge in [-0.25, -0.2) is 14.8 Å². The molecule has 1 saturated carbocycles. The summed E-state index contributed by atoms with van der Waals surface area (Å²) < 4.78 is 0. The predicted molar refractivity (Wildman–Crippen MR) is 171 cm³/mol. The summed E-state index contributed by atoms with van der Waals surface area (Å²) in [6, 6.07) is 13.6. The topological polar surface area (TPSA) is 131 Å². The zero-order valence-electron chi connectivity index (χ0n) is 25.7. The van der Waals surface area contributed by atoms with E-state index in [9.17, 15) is 19.5 Å². The molecule has 11 nitrogen and oxygen atoms in total. The summed E-state index contributed by atoms with van der Waals surface area (Å²) in [6.45, 7) is 6.98. The molecule has 11 heteroatoms. The van der Waals surface area contributed by atoms with Gasteiger partial charge in [-0.15, -0.1) is 0 Å². The van der Waals surface area contributed by atoms with E-state index in [4.69, 9.17) is 9.97 Å². The van der Waals surface area contributed by atoms with Gasteiger partial charge in [-0.05, 0) is 68.8 Å². The molecule has 3 heterocycles. The van der Waals surface area contributed by atoms with Crippen LogP contribution in [-0.4, -0.2) is 102 Å². The van der Waals surface area contributed by atoms with Gasteiger partial charge in [0.05, 0.1) is 16.8 Å². The first-order valence-electron chi connectivity index (χ1n) is 15.6. The summed E-state index contributed by atoms with van der Waals surface area (Å²) in [4.78, 5) is 51.9. The first-order valence-corrected chi connectivity index (χ1v) is 15.6. The van der Waals surface area contributed by atoms with E-state index >= 15 is 0 Å². The highest BCUT2D eigenvalue weighted by molar-refractivity contribution is 6.07. The zero-order chi connectivity index (χ0) is 31.1. The number of para-hydroxylation sites is 1. The van der Waals surface area contributed by atoms with Crippen molar-refractivity contribution in [3.8, 4) is 11.3 Å². The van der Waals surface area contributed by atoms with Crippen molar-refractivity contribution in [2.24, 2.45) is 11.8 Å². The van der Waals surface area contributed by atoms with Crippen LogP contribution in [-0.2, 0) is 4.79 Å². The fourth-order valence-electron chi connectivity index (χ4n) is 6.17. The third kappa shape index (κ3) is 8.02. The van der Waals surface area contributed by atoms with Crippen molar-refractivity contribution in [1.29, 1.82) is 0 Å². The van der Waals surface area contributed by atoms with Gasteiger partial charge in [0.15, 0.2) is 0 Å². The van der Waals surface area contributed by atoms with Gasteiger partial charge in [-0.3, -0.25) is 9.59 Å². The van der Waals surface area contributed by atoms with Crippen LogP contribution in [0, 0.1) is 11.8 Å². The molecule has 1 aliphatic carbocycles. The van der Waals surface area contributed by atoms with Crippen molar-refractivity contribution in [2.75, 3.05) is 64.3 Å². The zero-order valence-corrected chi connectivity index (χ0v) is 25.7. The number of fused-ring (bicyclic) bond motifs is 1. The van der Waals surface area contributed by atoms with Crippen molar-refractivity contribution < 1.29 is 19.5 Å². The van der Waals surface area contributed by atoms with Crippen LogP contribution in [0.4, 0.5) is 10.6 Å². The van der Waals surface area contributed by atoms with Crippen LogP contribution in [0.15, 0.2) is 48.7 Å². The summed E-state index contributed by atoms with van der Waals surface area (Å²) in [5, 5.41) is 16.2. The lowest BCUT2D eigenvalue weighted by molar-refractivity contribution is -0.119. The largest absolute Gasteiger partial charge is 0.465 e. The SMILES string of the molecule is CC(=O)NCCN(C[C@H]1CC[C@H](CNC(=O)c2cc(-c3ccc(N4CCN(C)CC4)nc3)nc3ccccc23)CC1)C(=O)O.